The summed E-state index contributed by atoms with van der Waals surface area (Å²) < 4.78 is 6.28. The van der Waals surface area contributed by atoms with Gasteiger partial charge >= 0.3 is 0 Å². The van der Waals surface area contributed by atoms with Crippen LogP contribution in [0.15, 0.2) is 34.8 Å². The summed E-state index contributed by atoms with van der Waals surface area (Å²) in [6.07, 6.45) is 0.776. The number of hydrogen-bond donors (Lipinski definition) is 1. The largest absolute Gasteiger partial charge is 0.496 e. The minimum atomic E-state index is -0.0504. The molecule has 0 heterocycles. The molecule has 0 aliphatic carbocycles. The van der Waals surface area contributed by atoms with Gasteiger partial charge in [0.15, 0.2) is 0 Å². The highest BCUT2D eigenvalue weighted by Gasteiger charge is 2.11. The fourth-order valence-electron chi connectivity index (χ4n) is 1.48. The Bertz CT molecular complexity index is 368. The summed E-state index contributed by atoms with van der Waals surface area (Å²) in [5.41, 5.74) is 8.16. The second kappa shape index (κ2) is 6.94. The van der Waals surface area contributed by atoms with E-state index in [1.54, 1.807) is 7.11 Å². The van der Waals surface area contributed by atoms with Crippen LogP contribution in [0.1, 0.15) is 24.9 Å². The summed E-state index contributed by atoms with van der Waals surface area (Å²) in [6, 6.07) is 5.82. The number of ether oxygens (including phenoxy) is 1. The zero-order valence-corrected chi connectivity index (χ0v) is 11.9. The number of methoxy groups -OCH3 is 1. The van der Waals surface area contributed by atoms with Crippen LogP contribution in [0.4, 0.5) is 0 Å². The first-order valence-corrected chi connectivity index (χ1v) is 5.57. The molecule has 2 nitrogen and oxygen atoms in total. The van der Waals surface area contributed by atoms with E-state index >= 15 is 0 Å². The molecular formula is C12H17BrClNO. The van der Waals surface area contributed by atoms with E-state index in [2.05, 4.69) is 22.5 Å². The lowest BCUT2D eigenvalue weighted by molar-refractivity contribution is 0.405. The van der Waals surface area contributed by atoms with Crippen LogP contribution in [0.25, 0.3) is 0 Å². The first kappa shape index (κ1) is 15.5. The molecule has 1 aromatic carbocycles. The van der Waals surface area contributed by atoms with Crippen LogP contribution in [-0.2, 0) is 0 Å². The van der Waals surface area contributed by atoms with Gasteiger partial charge in [0.1, 0.15) is 5.75 Å². The normalized spacial score (nSPS) is 11.5. The highest BCUT2D eigenvalue weighted by Crippen LogP contribution is 2.29. The second-order valence-corrected chi connectivity index (χ2v) is 4.57. The van der Waals surface area contributed by atoms with Gasteiger partial charge in [-0.2, -0.15) is 0 Å². The van der Waals surface area contributed by atoms with E-state index in [0.717, 1.165) is 27.8 Å². The molecule has 4 heteroatoms. The van der Waals surface area contributed by atoms with Crippen LogP contribution in [0.3, 0.4) is 0 Å². The summed E-state index contributed by atoms with van der Waals surface area (Å²) in [5.74, 6) is 0.818. The molecule has 0 saturated heterocycles. The number of hydrogen-bond acceptors (Lipinski definition) is 2. The molecule has 2 N–H and O–H groups in total. The van der Waals surface area contributed by atoms with E-state index in [0.29, 0.717) is 0 Å². The minimum Gasteiger partial charge on any atom is -0.496 e. The van der Waals surface area contributed by atoms with Crippen LogP contribution >= 0.6 is 28.3 Å². The second-order valence-electron chi connectivity index (χ2n) is 3.65. The van der Waals surface area contributed by atoms with Crippen molar-refractivity contribution < 1.29 is 4.74 Å². The standard InChI is InChI=1S/C12H16BrNO.ClH/c1-8(2)6-11(14)10-5-4-9(13)7-12(10)15-3;/h4-5,7,11H,1,6,14H2,2-3H3;1H/t11-;/m1./s1. The topological polar surface area (TPSA) is 35.2 Å². The zero-order chi connectivity index (χ0) is 11.4. The molecule has 16 heavy (non-hydrogen) atoms. The quantitative estimate of drug-likeness (QED) is 0.858. The van der Waals surface area contributed by atoms with E-state index in [1.165, 1.54) is 0 Å². The SMILES string of the molecule is C=C(C)C[C@@H](N)c1ccc(Br)cc1OC.Cl. The Morgan fingerprint density at radius 1 is 1.56 bits per heavy atom. The van der Waals surface area contributed by atoms with E-state index < -0.39 is 0 Å². The lowest BCUT2D eigenvalue weighted by atomic mass is 10.0. The number of halogens is 2. The van der Waals surface area contributed by atoms with Gasteiger partial charge in [0.25, 0.3) is 0 Å². The van der Waals surface area contributed by atoms with Gasteiger partial charge in [-0.3, -0.25) is 0 Å². The monoisotopic (exact) mass is 305 g/mol. The molecule has 0 radical (unpaired) electrons. The predicted octanol–water partition coefficient (Wildman–Crippen LogP) is 3.85. The van der Waals surface area contributed by atoms with E-state index in [4.69, 9.17) is 10.5 Å². The molecular weight excluding hydrogens is 289 g/mol. The minimum absolute atomic E-state index is 0. The van der Waals surface area contributed by atoms with Crippen molar-refractivity contribution in [2.45, 2.75) is 19.4 Å². The predicted molar refractivity (Wildman–Crippen MR) is 74.3 cm³/mol. The first-order chi connectivity index (χ1) is 7.04. The van der Waals surface area contributed by atoms with Crippen LogP contribution < -0.4 is 10.5 Å². The molecule has 1 rings (SSSR count). The molecule has 0 fully saturated rings. The van der Waals surface area contributed by atoms with Gasteiger partial charge in [-0.25, -0.2) is 0 Å². The highest BCUT2D eigenvalue weighted by molar-refractivity contribution is 9.10. The van der Waals surface area contributed by atoms with Crippen LogP contribution in [-0.4, -0.2) is 7.11 Å². The summed E-state index contributed by atoms with van der Waals surface area (Å²) in [5, 5.41) is 0. The molecule has 0 bridgehead atoms. The van der Waals surface area contributed by atoms with Gasteiger partial charge in [-0.15, -0.1) is 19.0 Å². The summed E-state index contributed by atoms with van der Waals surface area (Å²) in [6.45, 7) is 5.84. The van der Waals surface area contributed by atoms with Gasteiger partial charge in [-0.1, -0.05) is 27.6 Å². The smallest absolute Gasteiger partial charge is 0.124 e. The Labute approximate surface area is 111 Å². The fourth-order valence-corrected chi connectivity index (χ4v) is 1.82. The van der Waals surface area contributed by atoms with Crippen molar-refractivity contribution in [3.8, 4) is 5.75 Å². The Kier molecular flexibility index (Phi) is 6.72. The highest BCUT2D eigenvalue weighted by atomic mass is 79.9. The van der Waals surface area contributed by atoms with E-state index in [9.17, 15) is 0 Å². The first-order valence-electron chi connectivity index (χ1n) is 4.78. The fraction of sp³-hybridized carbons (Fsp3) is 0.333. The number of nitrogens with two attached hydrogens (primary N) is 1. The molecule has 0 aliphatic rings. The zero-order valence-electron chi connectivity index (χ0n) is 9.50. The maximum atomic E-state index is 6.07. The Hall–Kier alpha value is -0.510. The molecule has 1 atom stereocenters. The molecule has 0 amide bonds. The summed E-state index contributed by atoms with van der Waals surface area (Å²) in [7, 11) is 1.65. The van der Waals surface area contributed by atoms with Crippen LogP contribution in [0, 0.1) is 0 Å². The average molecular weight is 307 g/mol. The Morgan fingerprint density at radius 3 is 2.69 bits per heavy atom. The van der Waals surface area contributed by atoms with Gasteiger partial charge in [0.2, 0.25) is 0 Å². The third-order valence-corrected chi connectivity index (χ3v) is 2.66. The third kappa shape index (κ3) is 4.16. The van der Waals surface area contributed by atoms with Gasteiger partial charge in [0.05, 0.1) is 7.11 Å². The van der Waals surface area contributed by atoms with Gasteiger partial charge < -0.3 is 10.5 Å². The molecule has 0 unspecified atom stereocenters. The van der Waals surface area contributed by atoms with Gasteiger partial charge in [0, 0.05) is 16.1 Å². The van der Waals surface area contributed by atoms with Crippen molar-refractivity contribution in [1.82, 2.24) is 0 Å². The maximum absolute atomic E-state index is 6.07. The molecule has 90 valence electrons. The third-order valence-electron chi connectivity index (χ3n) is 2.16. The van der Waals surface area contributed by atoms with Gasteiger partial charge in [-0.05, 0) is 25.5 Å². The number of benzene rings is 1. The summed E-state index contributed by atoms with van der Waals surface area (Å²) >= 11 is 3.40. The molecule has 0 aliphatic heterocycles. The summed E-state index contributed by atoms with van der Waals surface area (Å²) in [4.78, 5) is 0. The molecule has 0 spiro atoms. The van der Waals surface area contributed by atoms with Crippen molar-refractivity contribution in [3.05, 3.63) is 40.4 Å². The van der Waals surface area contributed by atoms with E-state index in [-0.39, 0.29) is 18.4 Å². The maximum Gasteiger partial charge on any atom is 0.124 e. The van der Waals surface area contributed by atoms with Crippen molar-refractivity contribution in [2.75, 3.05) is 7.11 Å². The lowest BCUT2D eigenvalue weighted by Gasteiger charge is -2.15. The van der Waals surface area contributed by atoms with Crippen LogP contribution in [0.2, 0.25) is 0 Å². The van der Waals surface area contributed by atoms with Crippen molar-refractivity contribution in [1.29, 1.82) is 0 Å². The molecule has 1 aromatic rings. The van der Waals surface area contributed by atoms with E-state index in [1.807, 2.05) is 25.1 Å². The lowest BCUT2D eigenvalue weighted by Crippen LogP contribution is -2.11. The Morgan fingerprint density at radius 2 is 2.19 bits per heavy atom. The average Bonchev–Trinajstić information content (AvgIpc) is 2.16. The Balaban J connectivity index is 0.00000225. The van der Waals surface area contributed by atoms with Crippen molar-refractivity contribution in [3.63, 3.8) is 0 Å². The van der Waals surface area contributed by atoms with Crippen molar-refractivity contribution >= 4 is 28.3 Å². The molecule has 0 aromatic heterocycles. The van der Waals surface area contributed by atoms with Crippen molar-refractivity contribution in [2.24, 2.45) is 5.73 Å². The number of rotatable bonds is 4. The van der Waals surface area contributed by atoms with Crippen LogP contribution in [0.5, 0.6) is 5.75 Å². The molecule has 0 saturated carbocycles.